The van der Waals surface area contributed by atoms with Crippen molar-refractivity contribution >= 4 is 5.71 Å². The van der Waals surface area contributed by atoms with Gasteiger partial charge in [0.05, 0.1) is 12.8 Å². The molecule has 0 amide bonds. The Kier molecular flexibility index (Phi) is 9.34. The van der Waals surface area contributed by atoms with Gasteiger partial charge >= 0.3 is 0 Å². The Morgan fingerprint density at radius 2 is 1.52 bits per heavy atom. The van der Waals surface area contributed by atoms with Gasteiger partial charge in [0.15, 0.2) is 0 Å². The number of hydrogen-bond donors (Lipinski definition) is 1. The van der Waals surface area contributed by atoms with Gasteiger partial charge in [0, 0.05) is 0 Å². The average Bonchev–Trinajstić information content (AvgIpc) is 2.54. The van der Waals surface area contributed by atoms with Crippen molar-refractivity contribution in [2.45, 2.75) is 64.7 Å². The first kappa shape index (κ1) is 17.5. The topological polar surface area (TPSA) is 41.8 Å². The fourth-order valence-corrected chi connectivity index (χ4v) is 2.46. The second kappa shape index (κ2) is 11.2. The van der Waals surface area contributed by atoms with Gasteiger partial charge in [0.1, 0.15) is 5.75 Å². The molecule has 0 aliphatic carbocycles. The van der Waals surface area contributed by atoms with Crippen molar-refractivity contribution in [3.05, 3.63) is 29.8 Å². The Morgan fingerprint density at radius 3 is 2.05 bits per heavy atom. The molecule has 0 aliphatic heterocycles. The lowest BCUT2D eigenvalue weighted by Gasteiger charge is -2.06. The Hall–Kier alpha value is -1.51. The standard InChI is InChI=1S/C18H29NO2/c1-3-4-5-6-7-8-9-10-11-18(19-20)16-12-14-17(21-2)15-13-16/h12-15,20H,3-11H2,1-2H3. The molecule has 118 valence electrons. The first-order valence-electron chi connectivity index (χ1n) is 8.17. The van der Waals surface area contributed by atoms with Crippen LogP contribution in [0.1, 0.15) is 70.3 Å². The summed E-state index contributed by atoms with van der Waals surface area (Å²) in [4.78, 5) is 0. The molecule has 0 saturated heterocycles. The van der Waals surface area contributed by atoms with Gasteiger partial charge in [0.2, 0.25) is 0 Å². The van der Waals surface area contributed by atoms with E-state index in [1.165, 1.54) is 44.9 Å². The van der Waals surface area contributed by atoms with Crippen LogP contribution in [0.5, 0.6) is 5.75 Å². The highest BCUT2D eigenvalue weighted by molar-refractivity contribution is 6.00. The molecule has 0 aliphatic rings. The third-order valence-electron chi connectivity index (χ3n) is 3.81. The van der Waals surface area contributed by atoms with Crippen LogP contribution in [0, 0.1) is 0 Å². The van der Waals surface area contributed by atoms with Gasteiger partial charge in [-0.3, -0.25) is 0 Å². The Morgan fingerprint density at radius 1 is 0.952 bits per heavy atom. The summed E-state index contributed by atoms with van der Waals surface area (Å²) in [6.07, 6.45) is 11.1. The van der Waals surface area contributed by atoms with Crippen LogP contribution >= 0.6 is 0 Å². The number of unbranched alkanes of at least 4 members (excludes halogenated alkanes) is 7. The summed E-state index contributed by atoms with van der Waals surface area (Å²) in [7, 11) is 1.65. The summed E-state index contributed by atoms with van der Waals surface area (Å²) < 4.78 is 5.13. The van der Waals surface area contributed by atoms with Gasteiger partial charge in [0.25, 0.3) is 0 Å². The zero-order valence-electron chi connectivity index (χ0n) is 13.5. The molecule has 21 heavy (non-hydrogen) atoms. The Balaban J connectivity index is 2.22. The summed E-state index contributed by atoms with van der Waals surface area (Å²) in [5.41, 5.74) is 1.74. The molecule has 0 aromatic heterocycles. The Labute approximate surface area is 129 Å². The highest BCUT2D eigenvalue weighted by Gasteiger charge is 2.04. The number of ether oxygens (including phenoxy) is 1. The maximum absolute atomic E-state index is 9.16. The molecule has 0 fully saturated rings. The third kappa shape index (κ3) is 7.16. The maximum Gasteiger partial charge on any atom is 0.118 e. The van der Waals surface area contributed by atoms with E-state index in [-0.39, 0.29) is 0 Å². The summed E-state index contributed by atoms with van der Waals surface area (Å²) in [6, 6.07) is 7.68. The van der Waals surface area contributed by atoms with Crippen LogP contribution < -0.4 is 4.74 Å². The van der Waals surface area contributed by atoms with Crippen LogP contribution in [0.4, 0.5) is 0 Å². The highest BCUT2D eigenvalue weighted by atomic mass is 16.5. The van der Waals surface area contributed by atoms with Crippen molar-refractivity contribution < 1.29 is 9.94 Å². The molecule has 0 radical (unpaired) electrons. The first-order valence-corrected chi connectivity index (χ1v) is 8.17. The molecule has 0 heterocycles. The third-order valence-corrected chi connectivity index (χ3v) is 3.81. The van der Waals surface area contributed by atoms with E-state index in [0.29, 0.717) is 0 Å². The quantitative estimate of drug-likeness (QED) is 0.256. The van der Waals surface area contributed by atoms with Crippen LogP contribution in [-0.2, 0) is 0 Å². The Bertz CT molecular complexity index is 398. The summed E-state index contributed by atoms with van der Waals surface area (Å²) in [5.74, 6) is 0.822. The monoisotopic (exact) mass is 291 g/mol. The highest BCUT2D eigenvalue weighted by Crippen LogP contribution is 2.16. The lowest BCUT2D eigenvalue weighted by atomic mass is 10.0. The smallest absolute Gasteiger partial charge is 0.118 e. The second-order valence-electron chi connectivity index (χ2n) is 5.50. The fourth-order valence-electron chi connectivity index (χ4n) is 2.46. The molecule has 0 atom stereocenters. The van der Waals surface area contributed by atoms with E-state index in [1.54, 1.807) is 7.11 Å². The van der Waals surface area contributed by atoms with Gasteiger partial charge in [-0.2, -0.15) is 0 Å². The van der Waals surface area contributed by atoms with Crippen molar-refractivity contribution in [2.75, 3.05) is 7.11 Å². The molecule has 1 aromatic rings. The molecule has 3 heteroatoms. The van der Waals surface area contributed by atoms with Gasteiger partial charge in [-0.15, -0.1) is 0 Å². The van der Waals surface area contributed by atoms with E-state index in [1.807, 2.05) is 24.3 Å². The minimum Gasteiger partial charge on any atom is -0.497 e. The molecule has 0 spiro atoms. The van der Waals surface area contributed by atoms with Crippen molar-refractivity contribution in [3.8, 4) is 5.75 Å². The van der Waals surface area contributed by atoms with E-state index < -0.39 is 0 Å². The molecule has 0 saturated carbocycles. The van der Waals surface area contributed by atoms with Crippen molar-refractivity contribution in [1.82, 2.24) is 0 Å². The van der Waals surface area contributed by atoms with Gasteiger partial charge in [-0.05, 0) is 42.7 Å². The lowest BCUT2D eigenvalue weighted by molar-refractivity contribution is 0.317. The SMILES string of the molecule is CCCCCCCCCCC(=NO)c1ccc(OC)cc1. The predicted molar refractivity (Wildman–Crippen MR) is 88.5 cm³/mol. The number of nitrogens with zero attached hydrogens (tertiary/aromatic N) is 1. The molecule has 3 nitrogen and oxygen atoms in total. The number of oxime groups is 1. The predicted octanol–water partition coefficient (Wildman–Crippen LogP) is 5.40. The van der Waals surface area contributed by atoms with Gasteiger partial charge < -0.3 is 9.94 Å². The van der Waals surface area contributed by atoms with Crippen LogP contribution in [0.2, 0.25) is 0 Å². The van der Waals surface area contributed by atoms with E-state index in [0.717, 1.165) is 29.9 Å². The van der Waals surface area contributed by atoms with Crippen molar-refractivity contribution in [1.29, 1.82) is 0 Å². The molecular formula is C18H29NO2. The minimum absolute atomic E-state index is 0.767. The largest absolute Gasteiger partial charge is 0.497 e. The molecule has 0 bridgehead atoms. The van der Waals surface area contributed by atoms with E-state index >= 15 is 0 Å². The normalized spacial score (nSPS) is 11.6. The zero-order valence-corrected chi connectivity index (χ0v) is 13.5. The van der Waals surface area contributed by atoms with Crippen LogP contribution in [-0.4, -0.2) is 18.0 Å². The first-order chi connectivity index (χ1) is 10.3. The number of hydrogen-bond acceptors (Lipinski definition) is 3. The molecule has 1 N–H and O–H groups in total. The second-order valence-corrected chi connectivity index (χ2v) is 5.50. The van der Waals surface area contributed by atoms with E-state index in [9.17, 15) is 0 Å². The molecule has 1 rings (SSSR count). The fraction of sp³-hybridized carbons (Fsp3) is 0.611. The van der Waals surface area contributed by atoms with Crippen molar-refractivity contribution in [2.24, 2.45) is 5.16 Å². The summed E-state index contributed by atoms with van der Waals surface area (Å²) in [5, 5.41) is 12.6. The summed E-state index contributed by atoms with van der Waals surface area (Å²) in [6.45, 7) is 2.24. The van der Waals surface area contributed by atoms with Crippen molar-refractivity contribution in [3.63, 3.8) is 0 Å². The van der Waals surface area contributed by atoms with Crippen LogP contribution in [0.25, 0.3) is 0 Å². The number of rotatable bonds is 11. The zero-order chi connectivity index (χ0) is 15.3. The van der Waals surface area contributed by atoms with Crippen LogP contribution in [0.3, 0.4) is 0 Å². The maximum atomic E-state index is 9.16. The average molecular weight is 291 g/mol. The minimum atomic E-state index is 0.767. The molecular weight excluding hydrogens is 262 g/mol. The lowest BCUT2D eigenvalue weighted by Crippen LogP contribution is -2.01. The van der Waals surface area contributed by atoms with Gasteiger partial charge in [-0.25, -0.2) is 0 Å². The number of benzene rings is 1. The number of methoxy groups -OCH3 is 1. The van der Waals surface area contributed by atoms with E-state index in [2.05, 4.69) is 12.1 Å². The van der Waals surface area contributed by atoms with Crippen LogP contribution in [0.15, 0.2) is 29.4 Å². The summed E-state index contributed by atoms with van der Waals surface area (Å²) >= 11 is 0. The molecule has 1 aromatic carbocycles. The molecule has 0 unspecified atom stereocenters. The van der Waals surface area contributed by atoms with Gasteiger partial charge in [-0.1, -0.05) is 57.0 Å². The van der Waals surface area contributed by atoms with E-state index in [4.69, 9.17) is 9.94 Å².